The van der Waals surface area contributed by atoms with Crippen molar-refractivity contribution in [3.8, 4) is 0 Å². The number of tetrazole rings is 1. The molecule has 0 spiro atoms. The zero-order valence-electron chi connectivity index (χ0n) is 10.7. The van der Waals surface area contributed by atoms with Gasteiger partial charge in [-0.15, -0.1) is 10.2 Å². The Kier molecular flexibility index (Phi) is 4.71. The summed E-state index contributed by atoms with van der Waals surface area (Å²) in [6.07, 6.45) is 1.12. The van der Waals surface area contributed by atoms with E-state index in [0.29, 0.717) is 18.7 Å². The highest BCUT2D eigenvalue weighted by atomic mass is 32.1. The second-order valence-electron chi connectivity index (χ2n) is 4.12. The lowest BCUT2D eigenvalue weighted by molar-refractivity contribution is -0.128. The van der Waals surface area contributed by atoms with Crippen LogP contribution >= 0.6 is 12.2 Å². The van der Waals surface area contributed by atoms with E-state index >= 15 is 0 Å². The van der Waals surface area contributed by atoms with Crippen LogP contribution in [0, 0.1) is 5.41 Å². The molecule has 1 aromatic rings. The predicted molar refractivity (Wildman–Crippen MR) is 70.5 cm³/mol. The molecular formula is C10H18N6OS. The van der Waals surface area contributed by atoms with Crippen LogP contribution in [0.4, 0.5) is 0 Å². The SMILES string of the molecule is CCC(CC)(C(=O)NC(C)c1nn[nH]n1)C(N)=S. The number of nitrogens with two attached hydrogens (primary N) is 1. The van der Waals surface area contributed by atoms with Crippen molar-refractivity contribution in [2.45, 2.75) is 39.7 Å². The Labute approximate surface area is 111 Å². The Morgan fingerprint density at radius 1 is 1.56 bits per heavy atom. The standard InChI is InChI=1S/C10H18N6OS/c1-4-10(5-2,8(11)18)9(17)12-6(3)7-13-15-16-14-7/h6H,4-5H2,1-3H3,(H2,11,18)(H,12,17)(H,13,14,15,16). The molecule has 1 aromatic heterocycles. The van der Waals surface area contributed by atoms with Gasteiger partial charge in [0.15, 0.2) is 5.82 Å². The molecule has 0 radical (unpaired) electrons. The first-order valence-corrected chi connectivity index (χ1v) is 6.23. The summed E-state index contributed by atoms with van der Waals surface area (Å²) in [5.74, 6) is 0.227. The van der Waals surface area contributed by atoms with Crippen molar-refractivity contribution < 1.29 is 4.79 Å². The summed E-state index contributed by atoms with van der Waals surface area (Å²) in [5, 5.41) is 16.2. The van der Waals surface area contributed by atoms with Crippen LogP contribution in [0.2, 0.25) is 0 Å². The molecule has 0 fully saturated rings. The first kappa shape index (κ1) is 14.5. The first-order chi connectivity index (χ1) is 8.47. The normalized spacial score (nSPS) is 13.1. The highest BCUT2D eigenvalue weighted by molar-refractivity contribution is 7.80. The molecule has 0 aromatic carbocycles. The summed E-state index contributed by atoms with van der Waals surface area (Å²) in [4.78, 5) is 12.5. The second kappa shape index (κ2) is 5.85. The highest BCUT2D eigenvalue weighted by Crippen LogP contribution is 2.28. The number of nitrogens with one attached hydrogen (secondary N) is 2. The van der Waals surface area contributed by atoms with Gasteiger partial charge in [-0.1, -0.05) is 31.3 Å². The van der Waals surface area contributed by atoms with Crippen molar-refractivity contribution in [2.75, 3.05) is 0 Å². The van der Waals surface area contributed by atoms with Gasteiger partial charge in [-0.3, -0.25) is 4.79 Å². The van der Waals surface area contributed by atoms with Gasteiger partial charge in [0.05, 0.1) is 16.4 Å². The van der Waals surface area contributed by atoms with Gasteiger partial charge in [0.2, 0.25) is 5.91 Å². The van der Waals surface area contributed by atoms with E-state index in [1.165, 1.54) is 0 Å². The van der Waals surface area contributed by atoms with E-state index in [0.717, 1.165) is 0 Å². The zero-order valence-corrected chi connectivity index (χ0v) is 11.5. The Hall–Kier alpha value is -1.57. The van der Waals surface area contributed by atoms with Gasteiger partial charge in [-0.2, -0.15) is 5.21 Å². The van der Waals surface area contributed by atoms with Crippen molar-refractivity contribution in [2.24, 2.45) is 11.1 Å². The van der Waals surface area contributed by atoms with Gasteiger partial charge < -0.3 is 11.1 Å². The molecule has 0 bridgehead atoms. The Morgan fingerprint density at radius 2 is 2.17 bits per heavy atom. The molecule has 1 rings (SSSR count). The van der Waals surface area contributed by atoms with Crippen molar-refractivity contribution in [1.29, 1.82) is 0 Å². The molecular weight excluding hydrogens is 252 g/mol. The number of nitrogens with zero attached hydrogens (tertiary/aromatic N) is 3. The van der Waals surface area contributed by atoms with Gasteiger partial charge in [0.1, 0.15) is 0 Å². The number of aromatic amines is 1. The van der Waals surface area contributed by atoms with E-state index in [4.69, 9.17) is 18.0 Å². The van der Waals surface area contributed by atoms with Crippen LogP contribution in [0.15, 0.2) is 0 Å². The van der Waals surface area contributed by atoms with Gasteiger partial charge in [0, 0.05) is 0 Å². The molecule has 18 heavy (non-hydrogen) atoms. The molecule has 1 atom stereocenters. The van der Waals surface area contributed by atoms with Gasteiger partial charge in [-0.25, -0.2) is 0 Å². The summed E-state index contributed by atoms with van der Waals surface area (Å²) in [6.45, 7) is 5.56. The maximum Gasteiger partial charge on any atom is 0.233 e. The minimum atomic E-state index is -0.812. The Balaban J connectivity index is 2.83. The molecule has 0 aliphatic heterocycles. The third-order valence-corrected chi connectivity index (χ3v) is 3.60. The molecule has 0 saturated carbocycles. The van der Waals surface area contributed by atoms with Crippen LogP contribution in [0.3, 0.4) is 0 Å². The third kappa shape index (κ3) is 2.63. The van der Waals surface area contributed by atoms with Crippen LogP contribution in [0.25, 0.3) is 0 Å². The van der Waals surface area contributed by atoms with Crippen LogP contribution in [0.1, 0.15) is 45.5 Å². The number of hydrogen-bond acceptors (Lipinski definition) is 5. The minimum Gasteiger partial charge on any atom is -0.392 e. The van der Waals surface area contributed by atoms with Crippen LogP contribution in [-0.2, 0) is 4.79 Å². The molecule has 0 aliphatic carbocycles. The molecule has 0 aliphatic rings. The first-order valence-electron chi connectivity index (χ1n) is 5.82. The summed E-state index contributed by atoms with van der Waals surface area (Å²) in [7, 11) is 0. The lowest BCUT2D eigenvalue weighted by atomic mass is 9.81. The number of H-pyrrole nitrogens is 1. The molecule has 1 heterocycles. The summed E-state index contributed by atoms with van der Waals surface area (Å²) >= 11 is 5.02. The number of carbonyl (C=O) groups excluding carboxylic acids is 1. The quantitative estimate of drug-likeness (QED) is 0.648. The lowest BCUT2D eigenvalue weighted by Gasteiger charge is -2.29. The van der Waals surface area contributed by atoms with Crippen molar-refractivity contribution in [3.05, 3.63) is 5.82 Å². The second-order valence-corrected chi connectivity index (χ2v) is 4.56. The fourth-order valence-corrected chi connectivity index (χ4v) is 2.17. The molecule has 8 heteroatoms. The fraction of sp³-hybridized carbons (Fsp3) is 0.700. The van der Waals surface area contributed by atoms with E-state index in [1.807, 2.05) is 13.8 Å². The Morgan fingerprint density at radius 3 is 2.56 bits per heavy atom. The van der Waals surface area contributed by atoms with E-state index in [1.54, 1.807) is 6.92 Å². The number of amides is 1. The molecule has 0 saturated heterocycles. The monoisotopic (exact) mass is 270 g/mol. The van der Waals surface area contributed by atoms with E-state index in [9.17, 15) is 4.79 Å². The smallest absolute Gasteiger partial charge is 0.233 e. The molecule has 4 N–H and O–H groups in total. The number of carbonyl (C=O) groups is 1. The molecule has 1 unspecified atom stereocenters. The largest absolute Gasteiger partial charge is 0.392 e. The topological polar surface area (TPSA) is 110 Å². The highest BCUT2D eigenvalue weighted by Gasteiger charge is 2.38. The maximum absolute atomic E-state index is 12.3. The van der Waals surface area contributed by atoms with Gasteiger partial charge in [0.25, 0.3) is 0 Å². The maximum atomic E-state index is 12.3. The fourth-order valence-electron chi connectivity index (χ4n) is 1.78. The lowest BCUT2D eigenvalue weighted by Crippen LogP contribution is -2.49. The van der Waals surface area contributed by atoms with Crippen LogP contribution in [-0.4, -0.2) is 31.5 Å². The summed E-state index contributed by atoms with van der Waals surface area (Å²) < 4.78 is 0. The zero-order chi connectivity index (χ0) is 13.8. The number of aromatic nitrogens is 4. The van der Waals surface area contributed by atoms with Gasteiger partial charge >= 0.3 is 0 Å². The average molecular weight is 270 g/mol. The average Bonchev–Trinajstić information content (AvgIpc) is 2.84. The van der Waals surface area contributed by atoms with Crippen molar-refractivity contribution in [1.82, 2.24) is 25.9 Å². The van der Waals surface area contributed by atoms with Crippen molar-refractivity contribution >= 4 is 23.1 Å². The van der Waals surface area contributed by atoms with Gasteiger partial charge in [-0.05, 0) is 19.8 Å². The predicted octanol–water partition coefficient (Wildman–Crippen LogP) is 0.469. The Bertz CT molecular complexity index is 414. The molecule has 7 nitrogen and oxygen atoms in total. The third-order valence-electron chi connectivity index (χ3n) is 3.21. The van der Waals surface area contributed by atoms with E-state index in [2.05, 4.69) is 25.9 Å². The minimum absolute atomic E-state index is 0.197. The summed E-state index contributed by atoms with van der Waals surface area (Å²) in [6, 6.07) is -0.344. The van der Waals surface area contributed by atoms with E-state index < -0.39 is 5.41 Å². The van der Waals surface area contributed by atoms with Crippen molar-refractivity contribution in [3.63, 3.8) is 0 Å². The number of hydrogen-bond donors (Lipinski definition) is 3. The van der Waals surface area contributed by atoms with E-state index in [-0.39, 0.29) is 16.9 Å². The number of thiocarbonyl (C=S) groups is 1. The molecule has 100 valence electrons. The van der Waals surface area contributed by atoms with Crippen LogP contribution < -0.4 is 11.1 Å². The molecule has 1 amide bonds. The number of rotatable bonds is 6. The summed E-state index contributed by atoms with van der Waals surface area (Å²) in [5.41, 5.74) is 4.90. The van der Waals surface area contributed by atoms with Crippen LogP contribution in [0.5, 0.6) is 0 Å².